The number of piperidine rings is 1. The molecule has 1 atom stereocenters. The fraction of sp³-hybridized carbons (Fsp3) is 0.625. The third-order valence-corrected chi connectivity index (χ3v) is 4.33. The number of hydrogen-bond acceptors (Lipinski definition) is 3. The van der Waals surface area contributed by atoms with Crippen molar-refractivity contribution in [1.82, 2.24) is 4.90 Å². The van der Waals surface area contributed by atoms with Crippen molar-refractivity contribution in [2.24, 2.45) is 0 Å². The molecule has 3 heteroatoms. The van der Waals surface area contributed by atoms with Gasteiger partial charge in [0.25, 0.3) is 0 Å². The highest BCUT2D eigenvalue weighted by molar-refractivity contribution is 5.25. The zero-order chi connectivity index (χ0) is 13.9. The number of aliphatic hydroxyl groups excluding tert-OH is 1. The third-order valence-electron chi connectivity index (χ3n) is 4.33. The molecule has 1 heterocycles. The summed E-state index contributed by atoms with van der Waals surface area (Å²) in [6.07, 6.45) is 1.62. The molecule has 0 saturated carbocycles. The lowest BCUT2D eigenvalue weighted by Crippen LogP contribution is -2.48. The summed E-state index contributed by atoms with van der Waals surface area (Å²) in [4.78, 5) is 2.35. The van der Waals surface area contributed by atoms with E-state index >= 15 is 0 Å². The molecule has 1 unspecified atom stereocenters. The van der Waals surface area contributed by atoms with E-state index < -0.39 is 5.60 Å². The first kappa shape index (κ1) is 14.5. The molecule has 3 nitrogen and oxygen atoms in total. The predicted molar refractivity (Wildman–Crippen MR) is 77.2 cm³/mol. The summed E-state index contributed by atoms with van der Waals surface area (Å²) in [6, 6.07) is 10.2. The first-order chi connectivity index (χ1) is 8.95. The Bertz CT molecular complexity index is 394. The molecule has 19 heavy (non-hydrogen) atoms. The van der Waals surface area contributed by atoms with Crippen LogP contribution < -0.4 is 0 Å². The molecule has 2 rings (SSSR count). The lowest BCUT2D eigenvalue weighted by Gasteiger charge is -2.40. The number of benzene rings is 1. The summed E-state index contributed by atoms with van der Waals surface area (Å²) in [5.74, 6) is 0. The Morgan fingerprint density at radius 3 is 2.32 bits per heavy atom. The van der Waals surface area contributed by atoms with E-state index in [0.717, 1.165) is 32.5 Å². The number of rotatable bonds is 4. The predicted octanol–water partition coefficient (Wildman–Crippen LogP) is 1.78. The maximum atomic E-state index is 9.99. The first-order valence-corrected chi connectivity index (χ1v) is 7.06. The van der Waals surface area contributed by atoms with Gasteiger partial charge in [0.1, 0.15) is 0 Å². The van der Waals surface area contributed by atoms with Gasteiger partial charge in [0.15, 0.2) is 0 Å². The third kappa shape index (κ3) is 3.56. The van der Waals surface area contributed by atoms with Crippen LogP contribution in [-0.2, 0) is 5.41 Å². The molecule has 0 amide bonds. The Balaban J connectivity index is 2.04. The van der Waals surface area contributed by atoms with Crippen molar-refractivity contribution in [3.63, 3.8) is 0 Å². The van der Waals surface area contributed by atoms with Crippen LogP contribution in [-0.4, -0.2) is 47.0 Å². The van der Waals surface area contributed by atoms with Crippen molar-refractivity contribution >= 4 is 0 Å². The molecule has 0 spiro atoms. The maximum Gasteiger partial charge on any atom is 0.0644 e. The fourth-order valence-electron chi connectivity index (χ4n) is 2.76. The van der Waals surface area contributed by atoms with Crippen molar-refractivity contribution in [3.8, 4) is 0 Å². The molecular formula is C16H25NO2. The average molecular weight is 263 g/mol. The fourth-order valence-corrected chi connectivity index (χ4v) is 2.76. The van der Waals surface area contributed by atoms with Crippen molar-refractivity contribution in [3.05, 3.63) is 35.9 Å². The minimum absolute atomic E-state index is 0.143. The van der Waals surface area contributed by atoms with Gasteiger partial charge in [0, 0.05) is 25.0 Å². The van der Waals surface area contributed by atoms with Crippen LogP contribution in [0.4, 0.5) is 0 Å². The van der Waals surface area contributed by atoms with Gasteiger partial charge in [0.05, 0.1) is 12.2 Å². The average Bonchev–Trinajstić information content (AvgIpc) is 2.42. The van der Waals surface area contributed by atoms with Crippen LogP contribution in [0.3, 0.4) is 0 Å². The molecule has 1 saturated heterocycles. The largest absolute Gasteiger partial charge is 0.395 e. The van der Waals surface area contributed by atoms with Gasteiger partial charge in [-0.3, -0.25) is 0 Å². The van der Waals surface area contributed by atoms with Gasteiger partial charge in [0.2, 0.25) is 0 Å². The van der Waals surface area contributed by atoms with E-state index in [4.69, 9.17) is 0 Å². The second-order valence-electron chi connectivity index (χ2n) is 6.36. The summed E-state index contributed by atoms with van der Waals surface area (Å²) in [5.41, 5.74) is 0.429. The quantitative estimate of drug-likeness (QED) is 0.870. The molecule has 1 aromatic carbocycles. The molecule has 0 radical (unpaired) electrons. The second-order valence-corrected chi connectivity index (χ2v) is 6.36. The van der Waals surface area contributed by atoms with E-state index in [0.29, 0.717) is 0 Å². The topological polar surface area (TPSA) is 43.7 Å². The summed E-state index contributed by atoms with van der Waals surface area (Å²) >= 11 is 0. The first-order valence-electron chi connectivity index (χ1n) is 7.06. The highest BCUT2D eigenvalue weighted by Crippen LogP contribution is 2.28. The molecule has 0 aromatic heterocycles. The zero-order valence-corrected chi connectivity index (χ0v) is 12.0. The van der Waals surface area contributed by atoms with Crippen molar-refractivity contribution in [2.75, 3.05) is 26.2 Å². The van der Waals surface area contributed by atoms with Crippen molar-refractivity contribution < 1.29 is 10.2 Å². The van der Waals surface area contributed by atoms with Gasteiger partial charge in [-0.25, -0.2) is 0 Å². The van der Waals surface area contributed by atoms with E-state index in [-0.39, 0.29) is 12.0 Å². The summed E-state index contributed by atoms with van der Waals surface area (Å²) in [5, 5.41) is 19.8. The van der Waals surface area contributed by atoms with E-state index in [1.807, 2.05) is 25.1 Å². The monoisotopic (exact) mass is 263 g/mol. The Hall–Kier alpha value is -0.900. The van der Waals surface area contributed by atoms with Gasteiger partial charge in [-0.05, 0) is 25.3 Å². The van der Waals surface area contributed by atoms with Crippen LogP contribution >= 0.6 is 0 Å². The SMILES string of the molecule is CC1(O)CCN(CC(C)(CO)c2ccccc2)CC1. The van der Waals surface area contributed by atoms with Crippen molar-refractivity contribution in [1.29, 1.82) is 0 Å². The number of hydrogen-bond donors (Lipinski definition) is 2. The summed E-state index contributed by atoms with van der Waals surface area (Å²) < 4.78 is 0. The summed E-state index contributed by atoms with van der Waals surface area (Å²) in [6.45, 7) is 6.79. The molecular weight excluding hydrogens is 238 g/mol. The van der Waals surface area contributed by atoms with Gasteiger partial charge in [-0.2, -0.15) is 0 Å². The molecule has 1 aromatic rings. The van der Waals surface area contributed by atoms with Crippen LogP contribution in [0.1, 0.15) is 32.3 Å². The van der Waals surface area contributed by atoms with E-state index in [1.54, 1.807) is 0 Å². The van der Waals surface area contributed by atoms with Crippen LogP contribution in [0, 0.1) is 0 Å². The number of likely N-dealkylation sites (tertiary alicyclic amines) is 1. The highest BCUT2D eigenvalue weighted by Gasteiger charge is 2.33. The summed E-state index contributed by atoms with van der Waals surface area (Å²) in [7, 11) is 0. The lowest BCUT2D eigenvalue weighted by atomic mass is 9.81. The van der Waals surface area contributed by atoms with Crippen LogP contribution in [0.25, 0.3) is 0 Å². The molecule has 0 aliphatic carbocycles. The Morgan fingerprint density at radius 1 is 1.21 bits per heavy atom. The Morgan fingerprint density at radius 2 is 1.79 bits per heavy atom. The molecule has 0 bridgehead atoms. The molecule has 1 fully saturated rings. The van der Waals surface area contributed by atoms with E-state index in [9.17, 15) is 10.2 Å². The van der Waals surface area contributed by atoms with Gasteiger partial charge in [-0.15, -0.1) is 0 Å². The zero-order valence-electron chi connectivity index (χ0n) is 12.0. The normalized spacial score (nSPS) is 22.9. The highest BCUT2D eigenvalue weighted by atomic mass is 16.3. The van der Waals surface area contributed by atoms with Gasteiger partial charge < -0.3 is 15.1 Å². The minimum Gasteiger partial charge on any atom is -0.395 e. The minimum atomic E-state index is -0.515. The molecule has 106 valence electrons. The molecule has 1 aliphatic rings. The van der Waals surface area contributed by atoms with Gasteiger partial charge in [-0.1, -0.05) is 37.3 Å². The van der Waals surface area contributed by atoms with Crippen molar-refractivity contribution in [2.45, 2.75) is 37.7 Å². The molecule has 2 N–H and O–H groups in total. The number of aliphatic hydroxyl groups is 2. The standard InChI is InChI=1S/C16H25NO2/c1-15(13-18,14-6-4-3-5-7-14)12-17-10-8-16(2,19)9-11-17/h3-7,18-19H,8-13H2,1-2H3. The molecule has 1 aliphatic heterocycles. The Labute approximate surface area is 115 Å². The second kappa shape index (κ2) is 5.61. The van der Waals surface area contributed by atoms with Crippen LogP contribution in [0.5, 0.6) is 0 Å². The lowest BCUT2D eigenvalue weighted by molar-refractivity contribution is -0.0125. The smallest absolute Gasteiger partial charge is 0.0644 e. The Kier molecular flexibility index (Phi) is 4.29. The van der Waals surface area contributed by atoms with Gasteiger partial charge >= 0.3 is 0 Å². The van der Waals surface area contributed by atoms with Crippen LogP contribution in [0.2, 0.25) is 0 Å². The van der Waals surface area contributed by atoms with E-state index in [2.05, 4.69) is 24.0 Å². The maximum absolute atomic E-state index is 9.99. The van der Waals surface area contributed by atoms with E-state index in [1.165, 1.54) is 5.56 Å². The number of nitrogens with zero attached hydrogens (tertiary/aromatic N) is 1. The van der Waals surface area contributed by atoms with Crippen LogP contribution in [0.15, 0.2) is 30.3 Å².